The van der Waals surface area contributed by atoms with Crippen molar-refractivity contribution < 1.29 is 0 Å². The molecule has 3 N–H and O–H groups in total. The molecule has 1 heterocycles. The van der Waals surface area contributed by atoms with Gasteiger partial charge in [0.05, 0.1) is 0 Å². The summed E-state index contributed by atoms with van der Waals surface area (Å²) in [5.74, 6) is 6.54. The SMILES string of the molecule is CCCCN=C(NN)N1CCC2(CCCCC2)CC1. The van der Waals surface area contributed by atoms with Crippen molar-refractivity contribution in [1.82, 2.24) is 10.3 Å². The summed E-state index contributed by atoms with van der Waals surface area (Å²) in [6, 6.07) is 0. The van der Waals surface area contributed by atoms with E-state index in [1.165, 1.54) is 51.4 Å². The van der Waals surface area contributed by atoms with E-state index in [0.29, 0.717) is 5.41 Å². The van der Waals surface area contributed by atoms with Gasteiger partial charge in [0.2, 0.25) is 5.96 Å². The molecule has 1 saturated heterocycles. The summed E-state index contributed by atoms with van der Waals surface area (Å²) in [6.07, 6.45) is 12.2. The summed E-state index contributed by atoms with van der Waals surface area (Å²) in [4.78, 5) is 6.94. The highest BCUT2D eigenvalue weighted by Gasteiger charge is 2.36. The number of hydrogen-bond acceptors (Lipinski definition) is 2. The molecule has 110 valence electrons. The van der Waals surface area contributed by atoms with E-state index in [1.807, 2.05) is 0 Å². The van der Waals surface area contributed by atoms with Crippen LogP contribution in [0.15, 0.2) is 4.99 Å². The van der Waals surface area contributed by atoms with Crippen molar-refractivity contribution in [3.8, 4) is 0 Å². The second-order valence-electron chi connectivity index (χ2n) is 6.25. The van der Waals surface area contributed by atoms with Crippen molar-refractivity contribution >= 4 is 5.96 Å². The molecule has 0 radical (unpaired) electrons. The third kappa shape index (κ3) is 3.85. The highest BCUT2D eigenvalue weighted by Crippen LogP contribution is 2.44. The van der Waals surface area contributed by atoms with E-state index >= 15 is 0 Å². The molecule has 0 aromatic heterocycles. The summed E-state index contributed by atoms with van der Waals surface area (Å²) in [5.41, 5.74) is 3.45. The average Bonchev–Trinajstić information content (AvgIpc) is 2.46. The number of hydrogen-bond donors (Lipinski definition) is 2. The Hall–Kier alpha value is -0.770. The molecule has 2 aliphatic rings. The van der Waals surface area contributed by atoms with Gasteiger partial charge in [0.1, 0.15) is 0 Å². The smallest absolute Gasteiger partial charge is 0.208 e. The third-order valence-electron chi connectivity index (χ3n) is 4.94. The number of rotatable bonds is 3. The monoisotopic (exact) mass is 266 g/mol. The zero-order valence-corrected chi connectivity index (χ0v) is 12.5. The van der Waals surface area contributed by atoms with Crippen molar-refractivity contribution in [2.45, 2.75) is 64.7 Å². The van der Waals surface area contributed by atoms with E-state index in [0.717, 1.165) is 32.0 Å². The maximum atomic E-state index is 5.63. The van der Waals surface area contributed by atoms with Crippen LogP contribution in [-0.2, 0) is 0 Å². The van der Waals surface area contributed by atoms with Gasteiger partial charge in [-0.2, -0.15) is 0 Å². The molecule has 0 unspecified atom stereocenters. The first-order valence-electron chi connectivity index (χ1n) is 8.06. The molecule has 0 aromatic rings. The van der Waals surface area contributed by atoms with Crippen molar-refractivity contribution in [2.24, 2.45) is 16.3 Å². The van der Waals surface area contributed by atoms with Gasteiger partial charge in [-0.3, -0.25) is 10.4 Å². The van der Waals surface area contributed by atoms with Gasteiger partial charge in [-0.1, -0.05) is 32.6 Å². The van der Waals surface area contributed by atoms with Gasteiger partial charge in [0.25, 0.3) is 0 Å². The first-order chi connectivity index (χ1) is 9.29. The second kappa shape index (κ2) is 7.13. The van der Waals surface area contributed by atoms with E-state index in [-0.39, 0.29) is 0 Å². The van der Waals surface area contributed by atoms with Gasteiger partial charge < -0.3 is 4.90 Å². The van der Waals surface area contributed by atoms with Crippen LogP contribution in [0.1, 0.15) is 64.7 Å². The van der Waals surface area contributed by atoms with Crippen molar-refractivity contribution in [1.29, 1.82) is 0 Å². The van der Waals surface area contributed by atoms with Crippen LogP contribution < -0.4 is 11.3 Å². The molecule has 1 saturated carbocycles. The minimum absolute atomic E-state index is 0.651. The van der Waals surface area contributed by atoms with Crippen molar-refractivity contribution in [2.75, 3.05) is 19.6 Å². The largest absolute Gasteiger partial charge is 0.342 e. The summed E-state index contributed by atoms with van der Waals surface area (Å²) >= 11 is 0. The van der Waals surface area contributed by atoms with Gasteiger partial charge in [0, 0.05) is 19.6 Å². The van der Waals surface area contributed by atoms with Crippen LogP contribution in [0.5, 0.6) is 0 Å². The number of unbranched alkanes of at least 4 members (excludes halogenated alkanes) is 1. The Morgan fingerprint density at radius 1 is 1.16 bits per heavy atom. The molecule has 2 rings (SSSR count). The zero-order chi connectivity index (χ0) is 13.6. The van der Waals surface area contributed by atoms with E-state index in [9.17, 15) is 0 Å². The number of guanidine groups is 1. The molecule has 2 fully saturated rings. The highest BCUT2D eigenvalue weighted by molar-refractivity contribution is 5.79. The van der Waals surface area contributed by atoms with E-state index in [4.69, 9.17) is 5.84 Å². The van der Waals surface area contributed by atoms with Crippen LogP contribution in [0, 0.1) is 5.41 Å². The Morgan fingerprint density at radius 2 is 1.84 bits per heavy atom. The van der Waals surface area contributed by atoms with Crippen LogP contribution in [0.4, 0.5) is 0 Å². The fourth-order valence-electron chi connectivity index (χ4n) is 3.57. The predicted octanol–water partition coefficient (Wildman–Crippen LogP) is 2.65. The molecule has 4 nitrogen and oxygen atoms in total. The lowest BCUT2D eigenvalue weighted by atomic mass is 9.68. The number of likely N-dealkylation sites (tertiary alicyclic amines) is 1. The molecule has 1 aliphatic carbocycles. The zero-order valence-electron chi connectivity index (χ0n) is 12.5. The molecule has 19 heavy (non-hydrogen) atoms. The highest BCUT2D eigenvalue weighted by atomic mass is 15.4. The lowest BCUT2D eigenvalue weighted by Gasteiger charge is -2.44. The lowest BCUT2D eigenvalue weighted by Crippen LogP contribution is -2.50. The molecular formula is C15H30N4. The molecule has 1 aliphatic heterocycles. The van der Waals surface area contributed by atoms with Crippen LogP contribution >= 0.6 is 0 Å². The van der Waals surface area contributed by atoms with E-state index in [1.54, 1.807) is 0 Å². The Bertz CT molecular complexity index is 285. The number of nitrogens with zero attached hydrogens (tertiary/aromatic N) is 2. The molecule has 0 aromatic carbocycles. The van der Waals surface area contributed by atoms with Crippen LogP contribution in [0.25, 0.3) is 0 Å². The first kappa shape index (κ1) is 14.6. The maximum Gasteiger partial charge on any atom is 0.208 e. The van der Waals surface area contributed by atoms with Gasteiger partial charge in [-0.25, -0.2) is 5.84 Å². The Labute approximate surface area is 117 Å². The molecule has 4 heteroatoms. The summed E-state index contributed by atoms with van der Waals surface area (Å²) < 4.78 is 0. The van der Waals surface area contributed by atoms with Gasteiger partial charge in [-0.15, -0.1) is 0 Å². The summed E-state index contributed by atoms with van der Waals surface area (Å²) in [5, 5.41) is 0. The second-order valence-corrected chi connectivity index (χ2v) is 6.25. The molecule has 0 amide bonds. The molecule has 0 atom stereocenters. The Kier molecular flexibility index (Phi) is 5.49. The van der Waals surface area contributed by atoms with Crippen molar-refractivity contribution in [3.63, 3.8) is 0 Å². The number of nitrogens with one attached hydrogen (secondary N) is 1. The van der Waals surface area contributed by atoms with Crippen LogP contribution in [0.3, 0.4) is 0 Å². The standard InChI is InChI=1S/C15H30N4/c1-2-3-11-17-14(18-16)19-12-9-15(10-13-19)7-5-4-6-8-15/h2-13,16H2,1H3,(H,17,18). The summed E-state index contributed by atoms with van der Waals surface area (Å²) in [6.45, 7) is 5.32. The minimum atomic E-state index is 0.651. The van der Waals surface area contributed by atoms with Gasteiger partial charge in [-0.05, 0) is 37.5 Å². The Balaban J connectivity index is 1.85. The van der Waals surface area contributed by atoms with Gasteiger partial charge >= 0.3 is 0 Å². The number of hydrazine groups is 1. The minimum Gasteiger partial charge on any atom is -0.342 e. The normalized spacial score (nSPS) is 23.7. The summed E-state index contributed by atoms with van der Waals surface area (Å²) in [7, 11) is 0. The van der Waals surface area contributed by atoms with Crippen molar-refractivity contribution in [3.05, 3.63) is 0 Å². The van der Waals surface area contributed by atoms with E-state index < -0.39 is 0 Å². The molecular weight excluding hydrogens is 236 g/mol. The third-order valence-corrected chi connectivity index (χ3v) is 4.94. The van der Waals surface area contributed by atoms with Crippen LogP contribution in [-0.4, -0.2) is 30.5 Å². The molecule has 0 bridgehead atoms. The topological polar surface area (TPSA) is 53.6 Å². The lowest BCUT2D eigenvalue weighted by molar-refractivity contribution is 0.0962. The number of piperidine rings is 1. The number of nitrogens with two attached hydrogens (primary N) is 1. The van der Waals surface area contributed by atoms with Crippen LogP contribution in [0.2, 0.25) is 0 Å². The quantitative estimate of drug-likeness (QED) is 0.271. The van der Waals surface area contributed by atoms with Gasteiger partial charge in [0.15, 0.2) is 0 Å². The first-order valence-corrected chi connectivity index (χ1v) is 8.06. The number of aliphatic imine (C=N–C) groups is 1. The predicted molar refractivity (Wildman–Crippen MR) is 80.9 cm³/mol. The Morgan fingerprint density at radius 3 is 2.42 bits per heavy atom. The van der Waals surface area contributed by atoms with E-state index in [2.05, 4.69) is 22.2 Å². The average molecular weight is 266 g/mol. The molecule has 1 spiro atoms. The fraction of sp³-hybridized carbons (Fsp3) is 0.933. The maximum absolute atomic E-state index is 5.63. The fourth-order valence-corrected chi connectivity index (χ4v) is 3.57.